The number of imide groups is 1. The highest BCUT2D eigenvalue weighted by atomic mass is 79.9. The van der Waals surface area contributed by atoms with Crippen LogP contribution >= 0.6 is 15.9 Å². The third-order valence-electron chi connectivity index (χ3n) is 8.21. The number of esters is 1. The van der Waals surface area contributed by atoms with Crippen molar-refractivity contribution in [3.05, 3.63) is 130 Å². The highest BCUT2D eigenvalue weighted by molar-refractivity contribution is 9.10. The van der Waals surface area contributed by atoms with Crippen molar-refractivity contribution < 1.29 is 23.9 Å². The number of hydrogen-bond acceptors (Lipinski definition) is 6. The van der Waals surface area contributed by atoms with E-state index in [0.29, 0.717) is 29.0 Å². The molecule has 0 radical (unpaired) electrons. The summed E-state index contributed by atoms with van der Waals surface area (Å²) in [6.45, 7) is 7.58. The number of carbonyl (C=O) groups is 3. The Bertz CT molecular complexity index is 1950. The molecular weight excluding hydrogens is 658 g/mol. The zero-order valence-corrected chi connectivity index (χ0v) is 28.3. The van der Waals surface area contributed by atoms with Gasteiger partial charge >= 0.3 is 12.1 Å². The number of nitrogens with one attached hydrogen (secondary N) is 1. The molecule has 0 spiro atoms. The van der Waals surface area contributed by atoms with Gasteiger partial charge in [-0.1, -0.05) is 82.7 Å². The van der Waals surface area contributed by atoms with Crippen molar-refractivity contribution in [3.8, 4) is 0 Å². The number of carbonyl (C=O) groups excluding carboxylic acids is 3. The van der Waals surface area contributed by atoms with Crippen LogP contribution in [0, 0.1) is 0 Å². The Labute approximate surface area is 282 Å². The first-order valence-electron chi connectivity index (χ1n) is 15.5. The van der Waals surface area contributed by atoms with E-state index in [-0.39, 0.29) is 6.61 Å². The Kier molecular flexibility index (Phi) is 8.68. The fourth-order valence-corrected chi connectivity index (χ4v) is 6.61. The number of benzene rings is 4. The first-order valence-corrected chi connectivity index (χ1v) is 16.3. The van der Waals surface area contributed by atoms with Crippen molar-refractivity contribution in [3.63, 3.8) is 0 Å². The van der Waals surface area contributed by atoms with Crippen LogP contribution in [0.5, 0.6) is 0 Å². The number of para-hydroxylation sites is 2. The van der Waals surface area contributed by atoms with E-state index in [1.54, 1.807) is 45.9 Å². The van der Waals surface area contributed by atoms with Crippen LogP contribution in [0.15, 0.2) is 114 Å². The summed E-state index contributed by atoms with van der Waals surface area (Å²) in [4.78, 5) is 44.6. The number of fused-ring (bicyclic) bond motifs is 2. The number of rotatable bonds is 8. The maximum Gasteiger partial charge on any atom is 0.421 e. The minimum absolute atomic E-state index is 0.0921. The molecule has 9 heteroatoms. The summed E-state index contributed by atoms with van der Waals surface area (Å²) in [7, 11) is 0. The molecule has 2 atom stereocenters. The number of hydrogen-bond donors (Lipinski definition) is 1. The predicted molar refractivity (Wildman–Crippen MR) is 187 cm³/mol. The molecule has 1 aliphatic rings. The lowest BCUT2D eigenvalue weighted by Gasteiger charge is -2.36. The molecule has 0 fully saturated rings. The van der Waals surface area contributed by atoms with Crippen LogP contribution < -0.4 is 10.2 Å². The molecule has 47 heavy (non-hydrogen) atoms. The summed E-state index contributed by atoms with van der Waals surface area (Å²) in [6, 6.07) is 31.0. The number of anilines is 2. The molecule has 8 nitrogen and oxygen atoms in total. The molecule has 5 aromatic rings. The van der Waals surface area contributed by atoms with Crippen molar-refractivity contribution in [2.75, 3.05) is 16.8 Å². The maximum atomic E-state index is 15.4. The van der Waals surface area contributed by atoms with Crippen molar-refractivity contribution in [1.82, 2.24) is 4.57 Å². The fourth-order valence-electron chi connectivity index (χ4n) is 6.34. The zero-order chi connectivity index (χ0) is 33.3. The Morgan fingerprint density at radius 3 is 2.23 bits per heavy atom. The minimum Gasteiger partial charge on any atom is -0.464 e. The predicted octanol–water partition coefficient (Wildman–Crippen LogP) is 8.06. The lowest BCUT2D eigenvalue weighted by molar-refractivity contribution is -0.147. The second kappa shape index (κ2) is 12.7. The first kappa shape index (κ1) is 32.1. The Hall–Kier alpha value is -4.89. The highest BCUT2D eigenvalue weighted by Gasteiger charge is 2.62. The van der Waals surface area contributed by atoms with Gasteiger partial charge in [-0.2, -0.15) is 0 Å². The normalized spacial score (nSPS) is 16.5. The summed E-state index contributed by atoms with van der Waals surface area (Å²) >= 11 is 3.48. The lowest BCUT2D eigenvalue weighted by atomic mass is 9.69. The van der Waals surface area contributed by atoms with Gasteiger partial charge in [0.15, 0.2) is 0 Å². The molecule has 1 N–H and O–H groups in total. The SMILES string of the molecule is CCOC(=O)[C@@H](Nc1ccc(Br)cc1)[C@@]1(c2cn(Cc3ccccc3)c3ccccc23)C(=O)N(C(=O)OC(C)(C)C)c2ccccc21. The van der Waals surface area contributed by atoms with Crippen molar-refractivity contribution in [2.45, 2.75) is 51.3 Å². The van der Waals surface area contributed by atoms with Crippen LogP contribution in [0.4, 0.5) is 16.2 Å². The average Bonchev–Trinajstić information content (AvgIpc) is 3.53. The van der Waals surface area contributed by atoms with Gasteiger partial charge in [-0.05, 0) is 75.2 Å². The average molecular weight is 695 g/mol. The van der Waals surface area contributed by atoms with Crippen LogP contribution in [-0.4, -0.2) is 40.8 Å². The van der Waals surface area contributed by atoms with E-state index in [9.17, 15) is 9.59 Å². The van der Waals surface area contributed by atoms with Crippen molar-refractivity contribution in [2.24, 2.45) is 0 Å². The third kappa shape index (κ3) is 5.91. The molecule has 2 heterocycles. The van der Waals surface area contributed by atoms with Crippen LogP contribution in [0.2, 0.25) is 0 Å². The largest absolute Gasteiger partial charge is 0.464 e. The molecule has 4 aromatic carbocycles. The van der Waals surface area contributed by atoms with Crippen LogP contribution in [-0.2, 0) is 31.0 Å². The molecule has 0 aliphatic carbocycles. The molecule has 0 saturated heterocycles. The summed E-state index contributed by atoms with van der Waals surface area (Å²) in [5, 5.41) is 4.14. The third-order valence-corrected chi connectivity index (χ3v) is 8.73. The van der Waals surface area contributed by atoms with Gasteiger partial charge in [0.1, 0.15) is 17.1 Å². The summed E-state index contributed by atoms with van der Waals surface area (Å²) in [5.41, 5.74) is 1.32. The van der Waals surface area contributed by atoms with E-state index in [4.69, 9.17) is 9.47 Å². The van der Waals surface area contributed by atoms with Crippen LogP contribution in [0.1, 0.15) is 44.4 Å². The van der Waals surface area contributed by atoms with Crippen molar-refractivity contribution in [1.29, 1.82) is 0 Å². The van der Waals surface area contributed by atoms with E-state index in [0.717, 1.165) is 25.8 Å². The molecule has 0 bridgehead atoms. The van der Waals surface area contributed by atoms with E-state index in [1.807, 2.05) is 91.1 Å². The fraction of sp³-hybridized carbons (Fsp3) is 0.237. The van der Waals surface area contributed by atoms with E-state index in [1.165, 1.54) is 0 Å². The zero-order valence-electron chi connectivity index (χ0n) is 26.7. The summed E-state index contributed by atoms with van der Waals surface area (Å²) in [6.07, 6.45) is 1.11. The number of amides is 2. The van der Waals surface area contributed by atoms with Gasteiger partial charge in [0.25, 0.3) is 5.91 Å². The number of aromatic nitrogens is 1. The molecule has 0 unspecified atom stereocenters. The van der Waals surface area contributed by atoms with Gasteiger partial charge < -0.3 is 19.4 Å². The maximum absolute atomic E-state index is 15.4. The van der Waals surface area contributed by atoms with Crippen LogP contribution in [0.25, 0.3) is 10.9 Å². The molecule has 1 aliphatic heterocycles. The smallest absolute Gasteiger partial charge is 0.421 e. The number of halogens is 1. The van der Waals surface area contributed by atoms with Gasteiger partial charge in [0.2, 0.25) is 0 Å². The topological polar surface area (TPSA) is 89.9 Å². The highest BCUT2D eigenvalue weighted by Crippen LogP contribution is 2.52. The van der Waals surface area contributed by atoms with Gasteiger partial charge in [-0.15, -0.1) is 0 Å². The summed E-state index contributed by atoms with van der Waals surface area (Å²) in [5.74, 6) is -1.25. The quantitative estimate of drug-likeness (QED) is 0.165. The molecular formula is C38H36BrN3O5. The monoisotopic (exact) mass is 693 g/mol. The molecule has 0 saturated carbocycles. The Morgan fingerprint density at radius 1 is 0.872 bits per heavy atom. The minimum atomic E-state index is -1.74. The lowest BCUT2D eigenvalue weighted by Crippen LogP contribution is -2.57. The van der Waals surface area contributed by atoms with Crippen LogP contribution in [0.3, 0.4) is 0 Å². The summed E-state index contributed by atoms with van der Waals surface area (Å²) < 4.78 is 14.4. The van der Waals surface area contributed by atoms with Gasteiger partial charge in [-0.25, -0.2) is 14.5 Å². The number of ether oxygens (including phenoxy) is 2. The standard InChI is InChI=1S/C38H36BrN3O5/c1-5-46-34(43)33(40-27-21-19-26(39)20-22-27)38(29-16-10-12-18-32(29)42(35(38)44)36(45)47-37(2,3)4)30-24-41(23-25-13-7-6-8-14-25)31-17-11-9-15-28(30)31/h6-22,24,33,40H,5,23H2,1-4H3/t33-,38-/m1/s1. The second-order valence-corrected chi connectivity index (χ2v) is 13.4. The molecule has 1 aromatic heterocycles. The van der Waals surface area contributed by atoms with E-state index >= 15 is 4.79 Å². The van der Waals surface area contributed by atoms with E-state index < -0.39 is 35.0 Å². The van der Waals surface area contributed by atoms with E-state index in [2.05, 4.69) is 25.8 Å². The molecule has 240 valence electrons. The van der Waals surface area contributed by atoms with Crippen molar-refractivity contribution >= 4 is 56.2 Å². The molecule has 2 amide bonds. The first-order chi connectivity index (χ1) is 22.5. The van der Waals surface area contributed by atoms with Gasteiger partial charge in [-0.3, -0.25) is 4.79 Å². The molecule has 6 rings (SSSR count). The Balaban J connectivity index is 1.67. The Morgan fingerprint density at radius 2 is 1.53 bits per heavy atom. The number of nitrogens with zero attached hydrogens (tertiary/aromatic N) is 2. The van der Waals surface area contributed by atoms with Gasteiger partial charge in [0, 0.05) is 39.4 Å². The second-order valence-electron chi connectivity index (χ2n) is 12.5. The van der Waals surface area contributed by atoms with Gasteiger partial charge in [0.05, 0.1) is 12.3 Å².